The van der Waals surface area contributed by atoms with Crippen molar-refractivity contribution < 1.29 is 0 Å². The first-order valence-electron chi connectivity index (χ1n) is 7.14. The molecule has 0 saturated carbocycles. The molecule has 2 nitrogen and oxygen atoms in total. The number of thioether (sulfide) groups is 1. The summed E-state index contributed by atoms with van der Waals surface area (Å²) in [5, 5.41) is 3.44. The van der Waals surface area contributed by atoms with Crippen molar-refractivity contribution in [2.75, 3.05) is 38.7 Å². The minimum atomic E-state index is 0.746. The number of piperidine rings is 1. The summed E-state index contributed by atoms with van der Waals surface area (Å²) >= 11 is 1.96. The summed E-state index contributed by atoms with van der Waals surface area (Å²) in [6.07, 6.45) is 9.12. The smallest absolute Gasteiger partial charge is 0.00717 e. The van der Waals surface area contributed by atoms with Crippen LogP contribution in [-0.4, -0.2) is 49.6 Å². The maximum absolute atomic E-state index is 3.44. The molecule has 1 atom stereocenters. The summed E-state index contributed by atoms with van der Waals surface area (Å²) < 4.78 is 0. The SMILES string of the molecule is CSCCC(C)N(C)CCCC1CCNCC1. The van der Waals surface area contributed by atoms with Crippen molar-refractivity contribution in [2.45, 2.75) is 45.1 Å². The molecule has 17 heavy (non-hydrogen) atoms. The van der Waals surface area contributed by atoms with E-state index in [1.54, 1.807) is 0 Å². The lowest BCUT2D eigenvalue weighted by molar-refractivity contribution is 0.235. The van der Waals surface area contributed by atoms with Gasteiger partial charge in [-0.05, 0) is 83.6 Å². The Morgan fingerprint density at radius 1 is 1.35 bits per heavy atom. The third kappa shape index (κ3) is 6.68. The van der Waals surface area contributed by atoms with Crippen LogP contribution in [0.15, 0.2) is 0 Å². The van der Waals surface area contributed by atoms with Crippen molar-refractivity contribution in [1.29, 1.82) is 0 Å². The Balaban J connectivity index is 2.04. The van der Waals surface area contributed by atoms with Crippen molar-refractivity contribution in [2.24, 2.45) is 5.92 Å². The molecule has 0 aromatic carbocycles. The van der Waals surface area contributed by atoms with Gasteiger partial charge in [0, 0.05) is 6.04 Å². The fraction of sp³-hybridized carbons (Fsp3) is 1.00. The summed E-state index contributed by atoms with van der Waals surface area (Å²) in [6.45, 7) is 6.12. The Bertz CT molecular complexity index is 181. The molecule has 0 aliphatic carbocycles. The summed E-state index contributed by atoms with van der Waals surface area (Å²) in [4.78, 5) is 2.54. The lowest BCUT2D eigenvalue weighted by Gasteiger charge is -2.26. The standard InChI is InChI=1S/C14H30N2S/c1-13(8-12-17-3)16(2)11-4-5-14-6-9-15-10-7-14/h13-15H,4-12H2,1-3H3. The molecule has 0 amide bonds. The van der Waals surface area contributed by atoms with Crippen LogP contribution in [0, 0.1) is 5.92 Å². The van der Waals surface area contributed by atoms with Crippen molar-refractivity contribution in [1.82, 2.24) is 10.2 Å². The van der Waals surface area contributed by atoms with Crippen molar-refractivity contribution in [3.8, 4) is 0 Å². The van der Waals surface area contributed by atoms with Gasteiger partial charge < -0.3 is 10.2 Å². The molecule has 1 saturated heterocycles. The van der Waals surface area contributed by atoms with Gasteiger partial charge in [-0.15, -0.1) is 0 Å². The van der Waals surface area contributed by atoms with Crippen LogP contribution >= 0.6 is 11.8 Å². The van der Waals surface area contributed by atoms with E-state index in [1.165, 1.54) is 57.5 Å². The van der Waals surface area contributed by atoms with Gasteiger partial charge in [0.25, 0.3) is 0 Å². The highest BCUT2D eigenvalue weighted by molar-refractivity contribution is 7.98. The van der Waals surface area contributed by atoms with E-state index in [0.717, 1.165) is 12.0 Å². The van der Waals surface area contributed by atoms with Crippen molar-refractivity contribution in [3.63, 3.8) is 0 Å². The molecule has 1 aliphatic heterocycles. The molecule has 3 heteroatoms. The van der Waals surface area contributed by atoms with Gasteiger partial charge in [0.15, 0.2) is 0 Å². The van der Waals surface area contributed by atoms with E-state index in [9.17, 15) is 0 Å². The molecule has 0 spiro atoms. The quantitative estimate of drug-likeness (QED) is 0.721. The highest BCUT2D eigenvalue weighted by Gasteiger charge is 2.13. The Morgan fingerprint density at radius 2 is 2.06 bits per heavy atom. The van der Waals surface area contributed by atoms with Gasteiger partial charge in [0.05, 0.1) is 0 Å². The second kappa shape index (κ2) is 9.23. The second-order valence-electron chi connectivity index (χ2n) is 5.45. The van der Waals surface area contributed by atoms with Crippen LogP contribution in [0.4, 0.5) is 0 Å². The first-order chi connectivity index (χ1) is 8.24. The van der Waals surface area contributed by atoms with Crippen molar-refractivity contribution in [3.05, 3.63) is 0 Å². The number of nitrogens with zero attached hydrogens (tertiary/aromatic N) is 1. The third-order valence-corrected chi connectivity index (χ3v) is 4.72. The van der Waals surface area contributed by atoms with Crippen LogP contribution in [0.5, 0.6) is 0 Å². The predicted octanol–water partition coefficient (Wildman–Crippen LogP) is 2.84. The number of rotatable bonds is 8. The van der Waals surface area contributed by atoms with Gasteiger partial charge in [0.2, 0.25) is 0 Å². The summed E-state index contributed by atoms with van der Waals surface area (Å²) in [5.41, 5.74) is 0. The Labute approximate surface area is 112 Å². The topological polar surface area (TPSA) is 15.3 Å². The van der Waals surface area contributed by atoms with Gasteiger partial charge in [-0.25, -0.2) is 0 Å². The molecule has 1 aliphatic rings. The van der Waals surface area contributed by atoms with E-state index >= 15 is 0 Å². The first kappa shape index (κ1) is 15.3. The molecule has 1 fully saturated rings. The molecule has 102 valence electrons. The minimum absolute atomic E-state index is 0.746. The minimum Gasteiger partial charge on any atom is -0.317 e. The Morgan fingerprint density at radius 3 is 2.71 bits per heavy atom. The number of hydrogen-bond acceptors (Lipinski definition) is 3. The molecule has 1 rings (SSSR count). The summed E-state index contributed by atoms with van der Waals surface area (Å²) in [6, 6.07) is 0.746. The molecule has 0 aromatic heterocycles. The van der Waals surface area contributed by atoms with Gasteiger partial charge >= 0.3 is 0 Å². The van der Waals surface area contributed by atoms with Crippen LogP contribution < -0.4 is 5.32 Å². The molecule has 1 unspecified atom stereocenters. The molecule has 0 radical (unpaired) electrons. The van der Waals surface area contributed by atoms with Gasteiger partial charge in [0.1, 0.15) is 0 Å². The Kier molecular flexibility index (Phi) is 8.33. The van der Waals surface area contributed by atoms with E-state index in [4.69, 9.17) is 0 Å². The fourth-order valence-corrected chi connectivity index (χ4v) is 3.11. The normalized spacial score (nSPS) is 19.8. The first-order valence-corrected chi connectivity index (χ1v) is 8.53. The average Bonchev–Trinajstić information content (AvgIpc) is 2.37. The van der Waals surface area contributed by atoms with Crippen molar-refractivity contribution >= 4 is 11.8 Å². The van der Waals surface area contributed by atoms with E-state index in [-0.39, 0.29) is 0 Å². The van der Waals surface area contributed by atoms with Gasteiger partial charge in [-0.3, -0.25) is 0 Å². The van der Waals surface area contributed by atoms with E-state index in [0.29, 0.717) is 0 Å². The highest BCUT2D eigenvalue weighted by Crippen LogP contribution is 2.18. The van der Waals surface area contributed by atoms with Crippen LogP contribution in [-0.2, 0) is 0 Å². The molecular formula is C14H30N2S. The monoisotopic (exact) mass is 258 g/mol. The molecular weight excluding hydrogens is 228 g/mol. The van der Waals surface area contributed by atoms with E-state index < -0.39 is 0 Å². The third-order valence-electron chi connectivity index (χ3n) is 4.07. The van der Waals surface area contributed by atoms with Gasteiger partial charge in [-0.2, -0.15) is 11.8 Å². The largest absolute Gasteiger partial charge is 0.317 e. The zero-order chi connectivity index (χ0) is 12.5. The van der Waals surface area contributed by atoms with Crippen LogP contribution in [0.1, 0.15) is 39.0 Å². The van der Waals surface area contributed by atoms with Crippen LogP contribution in [0.3, 0.4) is 0 Å². The van der Waals surface area contributed by atoms with E-state index in [2.05, 4.69) is 30.4 Å². The summed E-state index contributed by atoms with van der Waals surface area (Å²) in [7, 11) is 2.29. The fourth-order valence-electron chi connectivity index (χ4n) is 2.53. The molecule has 0 aromatic rings. The number of nitrogens with one attached hydrogen (secondary N) is 1. The molecule has 1 heterocycles. The van der Waals surface area contributed by atoms with E-state index in [1.807, 2.05) is 11.8 Å². The second-order valence-corrected chi connectivity index (χ2v) is 6.43. The lowest BCUT2D eigenvalue weighted by Crippen LogP contribution is -2.31. The maximum atomic E-state index is 3.44. The predicted molar refractivity (Wildman–Crippen MR) is 79.9 cm³/mol. The summed E-state index contributed by atoms with van der Waals surface area (Å²) in [5.74, 6) is 2.28. The average molecular weight is 258 g/mol. The maximum Gasteiger partial charge on any atom is 0.00717 e. The van der Waals surface area contributed by atoms with Crippen LogP contribution in [0.2, 0.25) is 0 Å². The zero-order valence-corrected chi connectivity index (χ0v) is 12.7. The lowest BCUT2D eigenvalue weighted by atomic mass is 9.93. The van der Waals surface area contributed by atoms with Gasteiger partial charge in [-0.1, -0.05) is 0 Å². The van der Waals surface area contributed by atoms with Crippen LogP contribution in [0.25, 0.3) is 0 Å². The zero-order valence-electron chi connectivity index (χ0n) is 11.9. The molecule has 1 N–H and O–H groups in total. The highest BCUT2D eigenvalue weighted by atomic mass is 32.2. The molecule has 0 bridgehead atoms. The number of hydrogen-bond donors (Lipinski definition) is 1. The Hall–Kier alpha value is 0.270.